The van der Waals surface area contributed by atoms with E-state index in [1.165, 1.54) is 0 Å². The third-order valence-electron chi connectivity index (χ3n) is 4.43. The molecule has 0 aliphatic rings. The minimum absolute atomic E-state index is 0.271. The van der Waals surface area contributed by atoms with Gasteiger partial charge in [-0.1, -0.05) is 18.2 Å². The molecule has 0 unspecified atom stereocenters. The van der Waals surface area contributed by atoms with Gasteiger partial charge in [-0.3, -0.25) is 9.59 Å². The molecule has 144 valence electrons. The maximum Gasteiger partial charge on any atom is 0.255 e. The quantitative estimate of drug-likeness (QED) is 0.521. The van der Waals surface area contributed by atoms with Crippen molar-refractivity contribution < 1.29 is 14.0 Å². The molecule has 2 heterocycles. The van der Waals surface area contributed by atoms with Crippen LogP contribution >= 0.6 is 0 Å². The molecule has 29 heavy (non-hydrogen) atoms. The molecule has 0 fully saturated rings. The number of amides is 2. The molecule has 0 bridgehead atoms. The predicted octanol–water partition coefficient (Wildman–Crippen LogP) is 4.25. The van der Waals surface area contributed by atoms with Crippen molar-refractivity contribution in [1.29, 1.82) is 0 Å². The van der Waals surface area contributed by atoms with Gasteiger partial charge in [-0.15, -0.1) is 0 Å². The van der Waals surface area contributed by atoms with Crippen LogP contribution in [0.15, 0.2) is 95.9 Å². The maximum absolute atomic E-state index is 12.8. The van der Waals surface area contributed by atoms with Crippen molar-refractivity contribution in [2.24, 2.45) is 0 Å². The van der Waals surface area contributed by atoms with E-state index in [4.69, 9.17) is 4.42 Å². The Morgan fingerprint density at radius 1 is 0.862 bits per heavy atom. The van der Waals surface area contributed by atoms with Gasteiger partial charge >= 0.3 is 0 Å². The summed E-state index contributed by atoms with van der Waals surface area (Å²) in [4.78, 5) is 25.4. The standard InChI is InChI=1S/C23H19N3O3/c27-22(17-7-5-8-18(15-17)26-12-3-4-13-26)25-21-11-2-1-10-20(21)23(28)24-16-19-9-6-14-29-19/h1-15H,16H2,(H,24,28)(H,25,27). The van der Waals surface area contributed by atoms with Gasteiger partial charge in [-0.25, -0.2) is 0 Å². The Bertz CT molecular complexity index is 1120. The number of furan rings is 1. The lowest BCUT2D eigenvalue weighted by Gasteiger charge is -2.12. The van der Waals surface area contributed by atoms with E-state index in [1.807, 2.05) is 41.2 Å². The first kappa shape index (κ1) is 18.3. The Morgan fingerprint density at radius 3 is 2.48 bits per heavy atom. The third-order valence-corrected chi connectivity index (χ3v) is 4.43. The number of aromatic nitrogens is 1. The number of carbonyl (C=O) groups is 2. The molecule has 0 aliphatic carbocycles. The second kappa shape index (κ2) is 8.31. The van der Waals surface area contributed by atoms with Gasteiger partial charge < -0.3 is 19.6 Å². The molecule has 6 heteroatoms. The summed E-state index contributed by atoms with van der Waals surface area (Å²) in [5.41, 5.74) is 2.21. The van der Waals surface area contributed by atoms with Crippen molar-refractivity contribution in [3.63, 3.8) is 0 Å². The minimum atomic E-state index is -0.293. The van der Waals surface area contributed by atoms with Gasteiger partial charge in [0, 0.05) is 23.6 Å². The normalized spacial score (nSPS) is 10.5. The van der Waals surface area contributed by atoms with E-state index >= 15 is 0 Å². The first-order valence-electron chi connectivity index (χ1n) is 9.15. The second-order valence-corrected chi connectivity index (χ2v) is 6.40. The summed E-state index contributed by atoms with van der Waals surface area (Å²) in [6.45, 7) is 0.271. The molecule has 0 atom stereocenters. The van der Waals surface area contributed by atoms with Gasteiger partial charge in [0.2, 0.25) is 0 Å². The smallest absolute Gasteiger partial charge is 0.255 e. The van der Waals surface area contributed by atoms with Crippen LogP contribution in [0, 0.1) is 0 Å². The summed E-state index contributed by atoms with van der Waals surface area (Å²) in [7, 11) is 0. The average Bonchev–Trinajstić information content (AvgIpc) is 3.47. The number of carbonyl (C=O) groups excluding carboxylic acids is 2. The van der Waals surface area contributed by atoms with Gasteiger partial charge in [0.15, 0.2) is 0 Å². The maximum atomic E-state index is 12.8. The Hall–Kier alpha value is -4.06. The van der Waals surface area contributed by atoms with Gasteiger partial charge in [0.05, 0.1) is 24.1 Å². The molecule has 2 amide bonds. The predicted molar refractivity (Wildman–Crippen MR) is 110 cm³/mol. The summed E-state index contributed by atoms with van der Waals surface area (Å²) in [6.07, 6.45) is 5.38. The van der Waals surface area contributed by atoms with E-state index in [0.29, 0.717) is 22.6 Å². The van der Waals surface area contributed by atoms with Gasteiger partial charge in [-0.2, -0.15) is 0 Å². The summed E-state index contributed by atoms with van der Waals surface area (Å²) in [5, 5.41) is 5.64. The summed E-state index contributed by atoms with van der Waals surface area (Å²) in [6, 6.07) is 21.6. The molecule has 0 spiro atoms. The van der Waals surface area contributed by atoms with Crippen molar-refractivity contribution in [3.05, 3.63) is 108 Å². The molecule has 2 N–H and O–H groups in total. The Morgan fingerprint density at radius 2 is 1.69 bits per heavy atom. The number of hydrogen-bond donors (Lipinski definition) is 2. The first-order chi connectivity index (χ1) is 14.2. The van der Waals surface area contributed by atoms with E-state index in [0.717, 1.165) is 5.69 Å². The van der Waals surface area contributed by atoms with Crippen molar-refractivity contribution in [1.82, 2.24) is 9.88 Å². The number of para-hydroxylation sites is 1. The SMILES string of the molecule is O=C(Nc1ccccc1C(=O)NCc1ccco1)c1cccc(-n2cccc2)c1. The largest absolute Gasteiger partial charge is 0.467 e. The lowest BCUT2D eigenvalue weighted by Crippen LogP contribution is -2.24. The van der Waals surface area contributed by atoms with Crippen LogP contribution in [0.25, 0.3) is 5.69 Å². The number of anilines is 1. The van der Waals surface area contributed by atoms with Gasteiger partial charge in [-0.05, 0) is 54.6 Å². The number of hydrogen-bond acceptors (Lipinski definition) is 3. The molecule has 4 aromatic rings. The first-order valence-corrected chi connectivity index (χ1v) is 9.15. The fourth-order valence-electron chi connectivity index (χ4n) is 2.97. The fraction of sp³-hybridized carbons (Fsp3) is 0.0435. The lowest BCUT2D eigenvalue weighted by atomic mass is 10.1. The molecule has 0 radical (unpaired) electrons. The van der Waals surface area contributed by atoms with Crippen LogP contribution in [0.1, 0.15) is 26.5 Å². The zero-order valence-corrected chi connectivity index (χ0v) is 15.5. The van der Waals surface area contributed by atoms with Crippen LogP contribution in [-0.2, 0) is 6.54 Å². The lowest BCUT2D eigenvalue weighted by molar-refractivity contribution is 0.0949. The molecule has 0 saturated heterocycles. The molecule has 2 aromatic carbocycles. The third kappa shape index (κ3) is 4.27. The van der Waals surface area contributed by atoms with E-state index < -0.39 is 0 Å². The van der Waals surface area contributed by atoms with E-state index in [9.17, 15) is 9.59 Å². The van der Waals surface area contributed by atoms with Crippen LogP contribution in [0.2, 0.25) is 0 Å². The fourth-order valence-corrected chi connectivity index (χ4v) is 2.97. The second-order valence-electron chi connectivity index (χ2n) is 6.40. The number of rotatable bonds is 6. The minimum Gasteiger partial charge on any atom is -0.467 e. The molecular weight excluding hydrogens is 366 g/mol. The summed E-state index contributed by atoms with van der Waals surface area (Å²) in [5.74, 6) is 0.0744. The Labute approximate surface area is 167 Å². The van der Waals surface area contributed by atoms with Crippen molar-refractivity contribution >= 4 is 17.5 Å². The van der Waals surface area contributed by atoms with Gasteiger partial charge in [0.25, 0.3) is 11.8 Å². The van der Waals surface area contributed by atoms with Crippen LogP contribution in [-0.4, -0.2) is 16.4 Å². The number of nitrogens with zero attached hydrogens (tertiary/aromatic N) is 1. The average molecular weight is 385 g/mol. The van der Waals surface area contributed by atoms with E-state index in [1.54, 1.807) is 54.8 Å². The highest BCUT2D eigenvalue weighted by molar-refractivity contribution is 6.09. The zero-order chi connectivity index (χ0) is 20.1. The van der Waals surface area contributed by atoms with Crippen LogP contribution in [0.4, 0.5) is 5.69 Å². The van der Waals surface area contributed by atoms with Gasteiger partial charge in [0.1, 0.15) is 5.76 Å². The molecule has 4 rings (SSSR count). The monoisotopic (exact) mass is 385 g/mol. The highest BCUT2D eigenvalue weighted by Crippen LogP contribution is 2.18. The van der Waals surface area contributed by atoms with E-state index in [-0.39, 0.29) is 18.4 Å². The van der Waals surface area contributed by atoms with Crippen molar-refractivity contribution in [3.8, 4) is 5.69 Å². The Balaban J connectivity index is 1.50. The Kier molecular flexibility index (Phi) is 5.25. The van der Waals surface area contributed by atoms with Crippen LogP contribution in [0.3, 0.4) is 0 Å². The van der Waals surface area contributed by atoms with Crippen molar-refractivity contribution in [2.45, 2.75) is 6.54 Å². The molecule has 0 saturated carbocycles. The summed E-state index contributed by atoms with van der Waals surface area (Å²) >= 11 is 0. The highest BCUT2D eigenvalue weighted by Gasteiger charge is 2.14. The zero-order valence-electron chi connectivity index (χ0n) is 15.5. The summed E-state index contributed by atoms with van der Waals surface area (Å²) < 4.78 is 7.15. The highest BCUT2D eigenvalue weighted by atomic mass is 16.3. The molecular formula is C23H19N3O3. The number of nitrogens with one attached hydrogen (secondary N) is 2. The van der Waals surface area contributed by atoms with Crippen LogP contribution < -0.4 is 10.6 Å². The number of benzene rings is 2. The molecule has 0 aliphatic heterocycles. The molecule has 2 aromatic heterocycles. The topological polar surface area (TPSA) is 76.3 Å². The van der Waals surface area contributed by atoms with E-state index in [2.05, 4.69) is 10.6 Å². The van der Waals surface area contributed by atoms with Crippen molar-refractivity contribution in [2.75, 3.05) is 5.32 Å². The molecule has 6 nitrogen and oxygen atoms in total. The van der Waals surface area contributed by atoms with Crippen LogP contribution in [0.5, 0.6) is 0 Å².